The molecule has 110 valence electrons. The molecule has 0 aromatic heterocycles. The summed E-state index contributed by atoms with van der Waals surface area (Å²) in [4.78, 5) is 0. The minimum Gasteiger partial charge on any atom is -0.488 e. The molecule has 0 amide bonds. The van der Waals surface area contributed by atoms with Crippen LogP contribution in [0.1, 0.15) is 16.7 Å². The Labute approximate surface area is 133 Å². The maximum absolute atomic E-state index is 9.02. The molecule has 1 aliphatic rings. The van der Waals surface area contributed by atoms with Crippen LogP contribution in [0.2, 0.25) is 0 Å². The van der Waals surface area contributed by atoms with E-state index < -0.39 is 0 Å². The van der Waals surface area contributed by atoms with E-state index in [9.17, 15) is 0 Å². The SMILES string of the molecule is OCc1ccc(CNCC2Cc3cc(Br)ccc3O2)cc1. The summed E-state index contributed by atoms with van der Waals surface area (Å²) in [5, 5.41) is 12.4. The van der Waals surface area contributed by atoms with E-state index in [0.717, 1.165) is 35.3 Å². The topological polar surface area (TPSA) is 41.5 Å². The number of halogens is 1. The van der Waals surface area contributed by atoms with Crippen molar-refractivity contribution in [1.82, 2.24) is 5.32 Å². The van der Waals surface area contributed by atoms with Crippen molar-refractivity contribution in [2.45, 2.75) is 25.7 Å². The molecule has 21 heavy (non-hydrogen) atoms. The fraction of sp³-hybridized carbons (Fsp3) is 0.294. The normalized spacial score (nSPS) is 16.6. The second-order valence-electron chi connectivity index (χ2n) is 5.30. The highest BCUT2D eigenvalue weighted by molar-refractivity contribution is 9.10. The Morgan fingerprint density at radius 3 is 2.67 bits per heavy atom. The second-order valence-corrected chi connectivity index (χ2v) is 6.22. The molecule has 0 bridgehead atoms. The Morgan fingerprint density at radius 2 is 1.90 bits per heavy atom. The Morgan fingerprint density at radius 1 is 1.14 bits per heavy atom. The highest BCUT2D eigenvalue weighted by Gasteiger charge is 2.22. The predicted octanol–water partition coefficient (Wildman–Crippen LogP) is 3.03. The van der Waals surface area contributed by atoms with Crippen LogP contribution in [0.25, 0.3) is 0 Å². The van der Waals surface area contributed by atoms with E-state index in [1.165, 1.54) is 11.1 Å². The van der Waals surface area contributed by atoms with Crippen molar-refractivity contribution < 1.29 is 9.84 Å². The van der Waals surface area contributed by atoms with E-state index in [4.69, 9.17) is 9.84 Å². The molecule has 2 N–H and O–H groups in total. The van der Waals surface area contributed by atoms with Gasteiger partial charge < -0.3 is 15.2 Å². The molecule has 1 atom stereocenters. The van der Waals surface area contributed by atoms with Crippen LogP contribution in [0, 0.1) is 0 Å². The molecule has 0 radical (unpaired) electrons. The van der Waals surface area contributed by atoms with Gasteiger partial charge in [-0.3, -0.25) is 0 Å². The zero-order valence-electron chi connectivity index (χ0n) is 11.7. The minimum atomic E-state index is 0.0947. The highest BCUT2D eigenvalue weighted by Crippen LogP contribution is 2.30. The van der Waals surface area contributed by atoms with Crippen molar-refractivity contribution in [3.63, 3.8) is 0 Å². The van der Waals surface area contributed by atoms with Crippen LogP contribution < -0.4 is 10.1 Å². The fourth-order valence-corrected chi connectivity index (χ4v) is 2.95. The number of nitrogens with one attached hydrogen (secondary N) is 1. The zero-order chi connectivity index (χ0) is 14.7. The van der Waals surface area contributed by atoms with E-state index in [1.54, 1.807) is 0 Å². The van der Waals surface area contributed by atoms with Gasteiger partial charge in [-0.1, -0.05) is 40.2 Å². The van der Waals surface area contributed by atoms with Crippen LogP contribution in [-0.4, -0.2) is 17.8 Å². The number of benzene rings is 2. The number of aliphatic hydroxyl groups is 1. The molecule has 0 saturated heterocycles. The lowest BCUT2D eigenvalue weighted by Gasteiger charge is -2.12. The van der Waals surface area contributed by atoms with Gasteiger partial charge in [0.25, 0.3) is 0 Å². The van der Waals surface area contributed by atoms with Crippen LogP contribution in [0.3, 0.4) is 0 Å². The first-order valence-electron chi connectivity index (χ1n) is 7.09. The van der Waals surface area contributed by atoms with E-state index in [1.807, 2.05) is 36.4 Å². The number of aliphatic hydroxyl groups excluding tert-OH is 1. The molecule has 0 spiro atoms. The summed E-state index contributed by atoms with van der Waals surface area (Å²) < 4.78 is 7.02. The van der Waals surface area contributed by atoms with E-state index >= 15 is 0 Å². The monoisotopic (exact) mass is 347 g/mol. The van der Waals surface area contributed by atoms with E-state index in [2.05, 4.69) is 27.3 Å². The van der Waals surface area contributed by atoms with Crippen molar-refractivity contribution in [1.29, 1.82) is 0 Å². The largest absolute Gasteiger partial charge is 0.488 e. The molecule has 1 heterocycles. The quantitative estimate of drug-likeness (QED) is 0.873. The third-order valence-electron chi connectivity index (χ3n) is 3.67. The Balaban J connectivity index is 1.48. The molecule has 0 fully saturated rings. The maximum atomic E-state index is 9.02. The van der Waals surface area contributed by atoms with Crippen LogP contribution in [0.15, 0.2) is 46.9 Å². The van der Waals surface area contributed by atoms with Gasteiger partial charge in [-0.05, 0) is 34.9 Å². The summed E-state index contributed by atoms with van der Waals surface area (Å²) >= 11 is 3.49. The third-order valence-corrected chi connectivity index (χ3v) is 4.16. The van der Waals surface area contributed by atoms with E-state index in [0.29, 0.717) is 0 Å². The van der Waals surface area contributed by atoms with Gasteiger partial charge in [0.2, 0.25) is 0 Å². The molecule has 0 aliphatic carbocycles. The number of rotatable bonds is 5. The Kier molecular flexibility index (Phi) is 4.58. The van der Waals surface area contributed by atoms with Gasteiger partial charge in [-0.15, -0.1) is 0 Å². The van der Waals surface area contributed by atoms with Crippen molar-refractivity contribution in [3.05, 3.63) is 63.6 Å². The lowest BCUT2D eigenvalue weighted by Crippen LogP contribution is -2.29. The van der Waals surface area contributed by atoms with Crippen molar-refractivity contribution in [2.75, 3.05) is 6.54 Å². The third kappa shape index (κ3) is 3.64. The Hall–Kier alpha value is -1.36. The molecule has 3 nitrogen and oxygen atoms in total. The standard InChI is InChI=1S/C17H18BrNO2/c18-15-5-6-17-14(7-15)8-16(21-17)10-19-9-12-1-3-13(11-20)4-2-12/h1-7,16,19-20H,8-11H2. The second kappa shape index (κ2) is 6.60. The summed E-state index contributed by atoms with van der Waals surface area (Å²) in [7, 11) is 0. The van der Waals surface area contributed by atoms with Crippen molar-refractivity contribution in [2.24, 2.45) is 0 Å². The lowest BCUT2D eigenvalue weighted by molar-refractivity contribution is 0.227. The fourth-order valence-electron chi connectivity index (χ4n) is 2.54. The summed E-state index contributed by atoms with van der Waals surface area (Å²) in [5.74, 6) is 0.997. The molecule has 2 aromatic carbocycles. The molecule has 0 saturated carbocycles. The van der Waals surface area contributed by atoms with Gasteiger partial charge >= 0.3 is 0 Å². The number of hydrogen-bond acceptors (Lipinski definition) is 3. The van der Waals surface area contributed by atoms with Gasteiger partial charge in [0, 0.05) is 24.0 Å². The number of ether oxygens (including phenoxy) is 1. The molecular weight excluding hydrogens is 330 g/mol. The van der Waals surface area contributed by atoms with Crippen LogP contribution in [0.5, 0.6) is 5.75 Å². The molecule has 1 unspecified atom stereocenters. The summed E-state index contributed by atoms with van der Waals surface area (Å²) in [6.45, 7) is 1.73. The van der Waals surface area contributed by atoms with Crippen LogP contribution in [0.4, 0.5) is 0 Å². The average Bonchev–Trinajstić information content (AvgIpc) is 2.89. The molecular formula is C17H18BrNO2. The smallest absolute Gasteiger partial charge is 0.123 e. The predicted molar refractivity (Wildman–Crippen MR) is 86.3 cm³/mol. The minimum absolute atomic E-state index is 0.0947. The first kappa shape index (κ1) is 14.6. The van der Waals surface area contributed by atoms with Crippen LogP contribution >= 0.6 is 15.9 Å². The molecule has 1 aliphatic heterocycles. The van der Waals surface area contributed by atoms with Gasteiger partial charge in [0.15, 0.2) is 0 Å². The zero-order valence-corrected chi connectivity index (χ0v) is 13.3. The summed E-state index contributed by atoms with van der Waals surface area (Å²) in [6, 6.07) is 14.2. The van der Waals surface area contributed by atoms with Gasteiger partial charge in [0.1, 0.15) is 11.9 Å². The lowest BCUT2D eigenvalue weighted by atomic mass is 10.1. The summed E-state index contributed by atoms with van der Waals surface area (Å²) in [6.07, 6.45) is 1.15. The number of hydrogen-bond donors (Lipinski definition) is 2. The average molecular weight is 348 g/mol. The van der Waals surface area contributed by atoms with Crippen molar-refractivity contribution in [3.8, 4) is 5.75 Å². The van der Waals surface area contributed by atoms with Gasteiger partial charge in [-0.25, -0.2) is 0 Å². The van der Waals surface area contributed by atoms with E-state index in [-0.39, 0.29) is 12.7 Å². The first-order valence-corrected chi connectivity index (χ1v) is 7.88. The maximum Gasteiger partial charge on any atom is 0.123 e. The van der Waals surface area contributed by atoms with Gasteiger partial charge in [-0.2, -0.15) is 0 Å². The molecule has 3 rings (SSSR count). The number of fused-ring (bicyclic) bond motifs is 1. The molecule has 4 heteroatoms. The summed E-state index contributed by atoms with van der Waals surface area (Å²) in [5.41, 5.74) is 3.42. The van der Waals surface area contributed by atoms with Gasteiger partial charge in [0.05, 0.1) is 6.61 Å². The van der Waals surface area contributed by atoms with Crippen LogP contribution in [-0.2, 0) is 19.6 Å². The molecule has 2 aromatic rings. The highest BCUT2D eigenvalue weighted by atomic mass is 79.9. The Bertz CT molecular complexity index is 613. The van der Waals surface area contributed by atoms with Crippen molar-refractivity contribution >= 4 is 15.9 Å². The first-order chi connectivity index (χ1) is 10.2.